The summed E-state index contributed by atoms with van der Waals surface area (Å²) in [6.07, 6.45) is 9.11. The van der Waals surface area contributed by atoms with Crippen molar-refractivity contribution in [1.82, 2.24) is 20.6 Å². The van der Waals surface area contributed by atoms with Crippen molar-refractivity contribution in [3.05, 3.63) is 24.3 Å². The number of amides is 2. The number of hydrogen-bond acceptors (Lipinski definition) is 6. The van der Waals surface area contributed by atoms with Gasteiger partial charge in [-0.25, -0.2) is 9.78 Å². The van der Waals surface area contributed by atoms with E-state index in [1.165, 1.54) is 18.6 Å². The summed E-state index contributed by atoms with van der Waals surface area (Å²) in [7, 11) is 0. The molecule has 8 heteroatoms. The quantitative estimate of drug-likeness (QED) is 0.659. The standard InChI is InChI=1S/C22H34N4O4/c1-14(2)17(21(29)30-22(3,4)5)25-20(28)18(15-9-7-6-8-10-15)26-19(27)16-13-23-11-12-24-16/h11-15,17-18H,6-10H2,1-5H3,(H,25,28)(H,26,27)/t17-,18-/m0/s1. The van der Waals surface area contributed by atoms with Crippen molar-refractivity contribution >= 4 is 17.8 Å². The molecule has 1 aliphatic rings. The lowest BCUT2D eigenvalue weighted by Crippen LogP contribution is -2.56. The van der Waals surface area contributed by atoms with Crippen LogP contribution in [0.3, 0.4) is 0 Å². The number of carbonyl (C=O) groups excluding carboxylic acids is 3. The van der Waals surface area contributed by atoms with E-state index in [2.05, 4.69) is 20.6 Å². The molecule has 2 N–H and O–H groups in total. The van der Waals surface area contributed by atoms with Crippen LogP contribution < -0.4 is 10.6 Å². The Morgan fingerprint density at radius 3 is 2.27 bits per heavy atom. The molecule has 0 bridgehead atoms. The van der Waals surface area contributed by atoms with Gasteiger partial charge in [0.1, 0.15) is 23.4 Å². The highest BCUT2D eigenvalue weighted by Crippen LogP contribution is 2.27. The Kier molecular flexibility index (Phi) is 8.32. The zero-order chi connectivity index (χ0) is 22.3. The molecule has 0 unspecified atom stereocenters. The number of aromatic nitrogens is 2. The number of nitrogens with one attached hydrogen (secondary N) is 2. The minimum atomic E-state index is -0.795. The van der Waals surface area contributed by atoms with Crippen LogP contribution in [0.4, 0.5) is 0 Å². The number of rotatable bonds is 7. The van der Waals surface area contributed by atoms with Gasteiger partial charge in [0.05, 0.1) is 6.20 Å². The van der Waals surface area contributed by atoms with Crippen molar-refractivity contribution in [3.63, 3.8) is 0 Å². The average molecular weight is 419 g/mol. The summed E-state index contributed by atoms with van der Waals surface area (Å²) >= 11 is 0. The first-order valence-electron chi connectivity index (χ1n) is 10.7. The summed E-state index contributed by atoms with van der Waals surface area (Å²) in [4.78, 5) is 46.4. The van der Waals surface area contributed by atoms with Crippen LogP contribution in [0, 0.1) is 11.8 Å². The summed E-state index contributed by atoms with van der Waals surface area (Å²) in [6, 6.07) is -1.54. The zero-order valence-electron chi connectivity index (χ0n) is 18.6. The van der Waals surface area contributed by atoms with Gasteiger partial charge >= 0.3 is 5.97 Å². The second kappa shape index (κ2) is 10.5. The predicted molar refractivity (Wildman–Crippen MR) is 112 cm³/mol. The first-order valence-corrected chi connectivity index (χ1v) is 10.7. The minimum absolute atomic E-state index is 0.00539. The van der Waals surface area contributed by atoms with E-state index < -0.39 is 29.6 Å². The average Bonchev–Trinajstić information content (AvgIpc) is 2.69. The van der Waals surface area contributed by atoms with Crippen molar-refractivity contribution < 1.29 is 19.1 Å². The van der Waals surface area contributed by atoms with Crippen LogP contribution in [0.2, 0.25) is 0 Å². The molecule has 1 fully saturated rings. The van der Waals surface area contributed by atoms with Crippen LogP contribution in [-0.4, -0.2) is 45.4 Å². The Labute approximate surface area is 178 Å². The van der Waals surface area contributed by atoms with Crippen molar-refractivity contribution in [3.8, 4) is 0 Å². The van der Waals surface area contributed by atoms with Gasteiger partial charge in [0.15, 0.2) is 0 Å². The molecule has 166 valence electrons. The Bertz CT molecular complexity index is 724. The lowest BCUT2D eigenvalue weighted by atomic mass is 9.83. The monoisotopic (exact) mass is 418 g/mol. The maximum absolute atomic E-state index is 13.2. The fraction of sp³-hybridized carbons (Fsp3) is 0.682. The van der Waals surface area contributed by atoms with Gasteiger partial charge in [-0.05, 0) is 45.4 Å². The molecule has 8 nitrogen and oxygen atoms in total. The van der Waals surface area contributed by atoms with Crippen LogP contribution in [0.15, 0.2) is 18.6 Å². The van der Waals surface area contributed by atoms with E-state index in [9.17, 15) is 14.4 Å². The molecular formula is C22H34N4O4. The summed E-state index contributed by atoms with van der Waals surface area (Å²) in [5.41, 5.74) is -0.503. The van der Waals surface area contributed by atoms with Gasteiger partial charge in [-0.15, -0.1) is 0 Å². The smallest absolute Gasteiger partial charge is 0.329 e. The Morgan fingerprint density at radius 1 is 1.07 bits per heavy atom. The molecule has 0 aliphatic heterocycles. The maximum Gasteiger partial charge on any atom is 0.329 e. The second-order valence-electron chi connectivity index (χ2n) is 9.20. The molecule has 2 rings (SSSR count). The fourth-order valence-electron chi connectivity index (χ4n) is 3.60. The highest BCUT2D eigenvalue weighted by molar-refractivity contribution is 5.96. The summed E-state index contributed by atoms with van der Waals surface area (Å²) in [5, 5.41) is 5.66. The lowest BCUT2D eigenvalue weighted by Gasteiger charge is -2.32. The van der Waals surface area contributed by atoms with Crippen molar-refractivity contribution in [2.24, 2.45) is 11.8 Å². The molecule has 1 saturated carbocycles. The highest BCUT2D eigenvalue weighted by Gasteiger charge is 2.36. The molecule has 30 heavy (non-hydrogen) atoms. The first kappa shape index (κ1) is 23.8. The Balaban J connectivity index is 2.18. The molecule has 1 aromatic rings. The second-order valence-corrected chi connectivity index (χ2v) is 9.20. The normalized spacial score (nSPS) is 17.1. The van der Waals surface area contributed by atoms with Gasteiger partial charge in [0.2, 0.25) is 5.91 Å². The van der Waals surface area contributed by atoms with Gasteiger partial charge in [0, 0.05) is 12.4 Å². The molecule has 1 aromatic heterocycles. The highest BCUT2D eigenvalue weighted by atomic mass is 16.6. The molecule has 2 atom stereocenters. The first-order chi connectivity index (χ1) is 14.1. The number of esters is 1. The number of ether oxygens (including phenoxy) is 1. The SMILES string of the molecule is CC(C)[C@H](NC(=O)[C@@H](NC(=O)c1cnccn1)C1CCCCC1)C(=O)OC(C)(C)C. The molecule has 0 saturated heterocycles. The van der Waals surface area contributed by atoms with Gasteiger partial charge in [-0.1, -0.05) is 33.1 Å². The van der Waals surface area contributed by atoms with Crippen LogP contribution in [0.1, 0.15) is 77.2 Å². The summed E-state index contributed by atoms with van der Waals surface area (Å²) in [6.45, 7) is 9.06. The number of hydrogen-bond donors (Lipinski definition) is 2. The number of carbonyl (C=O) groups is 3. The minimum Gasteiger partial charge on any atom is -0.458 e. The van der Waals surface area contributed by atoms with Gasteiger partial charge < -0.3 is 15.4 Å². The predicted octanol–water partition coefficient (Wildman–Crippen LogP) is 2.64. The van der Waals surface area contributed by atoms with Crippen LogP contribution in [0.5, 0.6) is 0 Å². The van der Waals surface area contributed by atoms with Crippen LogP contribution in [0.25, 0.3) is 0 Å². The third-order valence-electron chi connectivity index (χ3n) is 5.11. The lowest BCUT2D eigenvalue weighted by molar-refractivity contribution is -0.160. The molecular weight excluding hydrogens is 384 g/mol. The van der Waals surface area contributed by atoms with Crippen molar-refractivity contribution in [1.29, 1.82) is 0 Å². The van der Waals surface area contributed by atoms with Gasteiger partial charge in [-0.3, -0.25) is 14.6 Å². The summed E-state index contributed by atoms with van der Waals surface area (Å²) < 4.78 is 5.48. The van der Waals surface area contributed by atoms with Gasteiger partial charge in [0.25, 0.3) is 5.91 Å². The van der Waals surface area contributed by atoms with Crippen molar-refractivity contribution in [2.45, 2.75) is 84.4 Å². The molecule has 0 aromatic carbocycles. The van der Waals surface area contributed by atoms with E-state index in [1.54, 1.807) is 20.8 Å². The van der Waals surface area contributed by atoms with E-state index in [0.717, 1.165) is 32.1 Å². The van der Waals surface area contributed by atoms with Crippen LogP contribution >= 0.6 is 0 Å². The van der Waals surface area contributed by atoms with E-state index in [1.807, 2.05) is 13.8 Å². The topological polar surface area (TPSA) is 110 Å². The molecule has 1 aliphatic carbocycles. The largest absolute Gasteiger partial charge is 0.458 e. The van der Waals surface area contributed by atoms with E-state index in [-0.39, 0.29) is 23.4 Å². The fourth-order valence-corrected chi connectivity index (χ4v) is 3.60. The van der Waals surface area contributed by atoms with Crippen LogP contribution in [-0.2, 0) is 14.3 Å². The zero-order valence-corrected chi connectivity index (χ0v) is 18.6. The maximum atomic E-state index is 13.2. The van der Waals surface area contributed by atoms with Gasteiger partial charge in [-0.2, -0.15) is 0 Å². The molecule has 1 heterocycles. The third kappa shape index (κ3) is 7.07. The summed E-state index contributed by atoms with van der Waals surface area (Å²) in [5.74, 6) is -1.46. The van der Waals surface area contributed by atoms with E-state index in [0.29, 0.717) is 0 Å². The molecule has 0 spiro atoms. The van der Waals surface area contributed by atoms with E-state index in [4.69, 9.17) is 4.74 Å². The Hall–Kier alpha value is -2.51. The molecule has 0 radical (unpaired) electrons. The third-order valence-corrected chi connectivity index (χ3v) is 5.11. The number of nitrogens with zero attached hydrogens (tertiary/aromatic N) is 2. The Morgan fingerprint density at radius 2 is 1.73 bits per heavy atom. The molecule has 2 amide bonds. The van der Waals surface area contributed by atoms with Crippen molar-refractivity contribution in [2.75, 3.05) is 0 Å². The van der Waals surface area contributed by atoms with E-state index >= 15 is 0 Å².